The van der Waals surface area contributed by atoms with Gasteiger partial charge in [-0.3, -0.25) is 9.59 Å². The zero-order chi connectivity index (χ0) is 22.6. The number of carbonyl (C=O) groups excluding carboxylic acids is 2. The average molecular weight is 462 g/mol. The van der Waals surface area contributed by atoms with Crippen LogP contribution in [0.3, 0.4) is 0 Å². The number of nitrogens with one attached hydrogen (secondary N) is 2. The molecule has 1 saturated carbocycles. The molecule has 0 radical (unpaired) electrons. The largest absolute Gasteiger partial charge is 0.354 e. The Morgan fingerprint density at radius 3 is 2.06 bits per heavy atom. The van der Waals surface area contributed by atoms with Crippen LogP contribution in [0, 0.1) is 11.8 Å². The fourth-order valence-electron chi connectivity index (χ4n) is 5.24. The van der Waals surface area contributed by atoms with Gasteiger partial charge in [-0.1, -0.05) is 25.3 Å². The van der Waals surface area contributed by atoms with Gasteiger partial charge in [-0.2, -0.15) is 4.31 Å². The van der Waals surface area contributed by atoms with E-state index in [1.807, 2.05) is 12.1 Å². The van der Waals surface area contributed by atoms with E-state index in [2.05, 4.69) is 10.6 Å². The summed E-state index contributed by atoms with van der Waals surface area (Å²) >= 11 is 0. The highest BCUT2D eigenvalue weighted by atomic mass is 32.2. The fraction of sp³-hybridized carbons (Fsp3) is 0.667. The molecule has 176 valence electrons. The van der Waals surface area contributed by atoms with Crippen LogP contribution in [0.1, 0.15) is 62.5 Å². The van der Waals surface area contributed by atoms with Crippen LogP contribution in [-0.4, -0.2) is 50.7 Å². The van der Waals surface area contributed by atoms with Crippen LogP contribution in [0.5, 0.6) is 0 Å². The summed E-state index contributed by atoms with van der Waals surface area (Å²) in [6.07, 6.45) is 9.48. The number of rotatable bonds is 7. The third-order valence-electron chi connectivity index (χ3n) is 7.23. The van der Waals surface area contributed by atoms with Crippen molar-refractivity contribution in [2.24, 2.45) is 11.8 Å². The highest BCUT2D eigenvalue weighted by molar-refractivity contribution is 7.89. The van der Waals surface area contributed by atoms with Crippen molar-refractivity contribution in [2.75, 3.05) is 26.2 Å². The minimum atomic E-state index is -3.52. The van der Waals surface area contributed by atoms with E-state index in [0.717, 1.165) is 50.5 Å². The molecule has 0 atom stereocenters. The molecule has 2 N–H and O–H groups in total. The molecule has 2 amide bonds. The van der Waals surface area contributed by atoms with Gasteiger partial charge < -0.3 is 10.6 Å². The lowest BCUT2D eigenvalue weighted by Gasteiger charge is -2.30. The maximum atomic E-state index is 13.1. The van der Waals surface area contributed by atoms with Gasteiger partial charge in [0, 0.05) is 38.0 Å². The van der Waals surface area contributed by atoms with E-state index < -0.39 is 10.0 Å². The Morgan fingerprint density at radius 2 is 1.41 bits per heavy atom. The predicted molar refractivity (Wildman–Crippen MR) is 123 cm³/mol. The standard InChI is InChI=1S/C24H35N3O4S/c28-23(19-5-2-1-3-6-19)25-13-14-26-24(29)20-11-15-27(16-12-20)32(30,31)22-10-9-18-7-4-8-21(18)17-22/h9-10,17,19-20H,1-8,11-16H2,(H,25,28)(H,26,29). The summed E-state index contributed by atoms with van der Waals surface area (Å²) in [5.41, 5.74) is 2.41. The van der Waals surface area contributed by atoms with E-state index in [1.165, 1.54) is 16.3 Å². The number of piperidine rings is 1. The van der Waals surface area contributed by atoms with Gasteiger partial charge in [-0.05, 0) is 68.2 Å². The molecule has 1 heterocycles. The first-order valence-electron chi connectivity index (χ1n) is 12.1. The van der Waals surface area contributed by atoms with Crippen molar-refractivity contribution in [2.45, 2.75) is 69.1 Å². The molecule has 2 aliphatic carbocycles. The molecule has 0 unspecified atom stereocenters. The first kappa shape index (κ1) is 23.2. The van der Waals surface area contributed by atoms with Crippen molar-refractivity contribution >= 4 is 21.8 Å². The lowest BCUT2D eigenvalue weighted by molar-refractivity contribution is -0.127. The highest BCUT2D eigenvalue weighted by Crippen LogP contribution is 2.28. The van der Waals surface area contributed by atoms with Gasteiger partial charge >= 0.3 is 0 Å². The van der Waals surface area contributed by atoms with E-state index in [1.54, 1.807) is 6.07 Å². The van der Waals surface area contributed by atoms with Crippen molar-refractivity contribution in [3.63, 3.8) is 0 Å². The molecule has 0 bridgehead atoms. The number of hydrogen-bond donors (Lipinski definition) is 2. The molecule has 4 rings (SSSR count). The molecule has 0 spiro atoms. The Morgan fingerprint density at radius 1 is 0.812 bits per heavy atom. The fourth-order valence-corrected chi connectivity index (χ4v) is 6.76. The Bertz CT molecular complexity index is 933. The summed E-state index contributed by atoms with van der Waals surface area (Å²) in [4.78, 5) is 25.0. The average Bonchev–Trinajstić information content (AvgIpc) is 3.30. The monoisotopic (exact) mass is 461 g/mol. The molecule has 7 nitrogen and oxygen atoms in total. The molecule has 8 heteroatoms. The van der Waals surface area contributed by atoms with Crippen molar-refractivity contribution in [3.05, 3.63) is 29.3 Å². The summed E-state index contributed by atoms with van der Waals surface area (Å²) < 4.78 is 27.6. The minimum absolute atomic E-state index is 0.0495. The Labute approximate surface area is 191 Å². The third kappa shape index (κ3) is 5.34. The predicted octanol–water partition coefficient (Wildman–Crippen LogP) is 2.39. The Balaban J connectivity index is 1.20. The molecular formula is C24H35N3O4S. The molecule has 3 aliphatic rings. The van der Waals surface area contributed by atoms with Crippen LogP contribution >= 0.6 is 0 Å². The van der Waals surface area contributed by atoms with Crippen LogP contribution < -0.4 is 10.6 Å². The summed E-state index contributed by atoms with van der Waals surface area (Å²) in [6, 6.07) is 5.50. The van der Waals surface area contributed by atoms with Gasteiger partial charge in [-0.25, -0.2) is 8.42 Å². The zero-order valence-corrected chi connectivity index (χ0v) is 19.6. The summed E-state index contributed by atoms with van der Waals surface area (Å²) in [5, 5.41) is 5.83. The summed E-state index contributed by atoms with van der Waals surface area (Å²) in [5.74, 6) is -0.0116. The number of hydrogen-bond acceptors (Lipinski definition) is 4. The number of sulfonamides is 1. The van der Waals surface area contributed by atoms with E-state index in [-0.39, 0.29) is 23.7 Å². The molecule has 0 aromatic heterocycles. The van der Waals surface area contributed by atoms with Gasteiger partial charge in [0.15, 0.2) is 0 Å². The molecule has 2 fully saturated rings. The van der Waals surface area contributed by atoms with Crippen LogP contribution in [0.25, 0.3) is 0 Å². The van der Waals surface area contributed by atoms with Crippen LogP contribution in [-0.2, 0) is 32.5 Å². The second-order valence-electron chi connectivity index (χ2n) is 9.38. The van der Waals surface area contributed by atoms with Gasteiger partial charge in [0.05, 0.1) is 4.90 Å². The Kier molecular flexibility index (Phi) is 7.51. The van der Waals surface area contributed by atoms with E-state index >= 15 is 0 Å². The SMILES string of the molecule is O=C(NCCNC(=O)C1CCN(S(=O)(=O)c2ccc3c(c2)CCC3)CC1)C1CCCCC1. The molecular weight excluding hydrogens is 426 g/mol. The number of fused-ring (bicyclic) bond motifs is 1. The summed E-state index contributed by atoms with van der Waals surface area (Å²) in [6.45, 7) is 1.56. The minimum Gasteiger partial charge on any atom is -0.354 e. The lowest BCUT2D eigenvalue weighted by Crippen LogP contribution is -2.44. The zero-order valence-electron chi connectivity index (χ0n) is 18.8. The smallest absolute Gasteiger partial charge is 0.243 e. The highest BCUT2D eigenvalue weighted by Gasteiger charge is 2.32. The number of aryl methyl sites for hydroxylation is 2. The number of amides is 2. The van der Waals surface area contributed by atoms with Crippen LogP contribution in [0.4, 0.5) is 0 Å². The topological polar surface area (TPSA) is 95.6 Å². The van der Waals surface area contributed by atoms with Crippen molar-refractivity contribution < 1.29 is 18.0 Å². The van der Waals surface area contributed by atoms with Gasteiger partial charge in [0.25, 0.3) is 0 Å². The second kappa shape index (κ2) is 10.3. The molecule has 1 aromatic carbocycles. The first-order valence-corrected chi connectivity index (χ1v) is 13.6. The van der Waals surface area contributed by atoms with E-state index in [9.17, 15) is 18.0 Å². The van der Waals surface area contributed by atoms with Crippen LogP contribution in [0.2, 0.25) is 0 Å². The first-order chi connectivity index (χ1) is 15.4. The Hall–Kier alpha value is -1.93. The second-order valence-corrected chi connectivity index (χ2v) is 11.3. The van der Waals surface area contributed by atoms with Crippen LogP contribution in [0.15, 0.2) is 23.1 Å². The van der Waals surface area contributed by atoms with Crippen molar-refractivity contribution in [1.82, 2.24) is 14.9 Å². The molecule has 1 aliphatic heterocycles. The maximum Gasteiger partial charge on any atom is 0.243 e. The quantitative estimate of drug-likeness (QED) is 0.610. The molecule has 32 heavy (non-hydrogen) atoms. The number of carbonyl (C=O) groups is 2. The number of benzene rings is 1. The maximum absolute atomic E-state index is 13.1. The van der Waals surface area contributed by atoms with E-state index in [0.29, 0.717) is 43.9 Å². The summed E-state index contributed by atoms with van der Waals surface area (Å²) in [7, 11) is -3.52. The molecule has 1 saturated heterocycles. The lowest BCUT2D eigenvalue weighted by atomic mass is 9.89. The van der Waals surface area contributed by atoms with Gasteiger partial charge in [0.1, 0.15) is 0 Å². The van der Waals surface area contributed by atoms with Gasteiger partial charge in [-0.15, -0.1) is 0 Å². The molecule has 1 aromatic rings. The third-order valence-corrected chi connectivity index (χ3v) is 9.13. The van der Waals surface area contributed by atoms with Crippen molar-refractivity contribution in [1.29, 1.82) is 0 Å². The number of nitrogens with zero attached hydrogens (tertiary/aromatic N) is 1. The van der Waals surface area contributed by atoms with E-state index in [4.69, 9.17) is 0 Å². The van der Waals surface area contributed by atoms with Crippen molar-refractivity contribution in [3.8, 4) is 0 Å². The van der Waals surface area contributed by atoms with Gasteiger partial charge in [0.2, 0.25) is 21.8 Å². The normalized spacial score (nSPS) is 20.6.